The van der Waals surface area contributed by atoms with E-state index in [-0.39, 0.29) is 17.7 Å². The number of alkyl halides is 3. The summed E-state index contributed by atoms with van der Waals surface area (Å²) >= 11 is 6.45. The first-order valence-corrected chi connectivity index (χ1v) is 17.0. The molecule has 7 rings (SSSR count). The highest BCUT2D eigenvalue weighted by Gasteiger charge is 2.43. The second-order valence-corrected chi connectivity index (χ2v) is 13.4. The number of nitrogens with one attached hydrogen (secondary N) is 3. The lowest BCUT2D eigenvalue weighted by atomic mass is 10.0. The Labute approximate surface area is 283 Å². The summed E-state index contributed by atoms with van der Waals surface area (Å²) in [5.74, 6) is -0.254. The number of aromatic nitrogens is 1. The number of benzene rings is 3. The summed E-state index contributed by atoms with van der Waals surface area (Å²) in [6, 6.07) is 21.4. The number of piperazine rings is 2. The molecule has 3 N–H and O–H groups in total. The van der Waals surface area contributed by atoms with Crippen molar-refractivity contribution in [2.75, 3.05) is 39.3 Å². The van der Waals surface area contributed by atoms with Crippen LogP contribution in [-0.4, -0.2) is 84.0 Å². The highest BCUT2D eigenvalue weighted by molar-refractivity contribution is 6.31. The van der Waals surface area contributed by atoms with E-state index < -0.39 is 6.36 Å². The van der Waals surface area contributed by atoms with Crippen LogP contribution in [0.4, 0.5) is 13.2 Å². The molecule has 3 unspecified atom stereocenters. The van der Waals surface area contributed by atoms with E-state index in [4.69, 9.17) is 11.6 Å². The molecule has 3 saturated heterocycles. The summed E-state index contributed by atoms with van der Waals surface area (Å²) in [5.41, 5.74) is 5.16. The van der Waals surface area contributed by atoms with E-state index >= 15 is 0 Å². The molecule has 1 aromatic heterocycles. The van der Waals surface area contributed by atoms with Gasteiger partial charge in [0, 0.05) is 98.7 Å². The molecule has 0 aliphatic carbocycles. The van der Waals surface area contributed by atoms with Gasteiger partial charge in [-0.25, -0.2) is 0 Å². The number of likely N-dealkylation sites (tertiary alicyclic amines) is 2. The second kappa shape index (κ2) is 14.1. The molecule has 2 bridgehead atoms. The van der Waals surface area contributed by atoms with Crippen LogP contribution < -0.4 is 20.7 Å². The third-order valence-electron chi connectivity index (χ3n) is 9.76. The van der Waals surface area contributed by atoms with Gasteiger partial charge in [-0.05, 0) is 59.9 Å². The number of amides is 1. The van der Waals surface area contributed by atoms with E-state index in [1.807, 2.05) is 18.2 Å². The molecule has 3 fully saturated rings. The predicted molar refractivity (Wildman–Crippen MR) is 181 cm³/mol. The number of hydrogen-bond donors (Lipinski definition) is 3. The maximum absolute atomic E-state index is 12.8. The first kappa shape index (κ1) is 32.9. The topological polar surface area (TPSA) is 73.8 Å². The molecule has 3 atom stereocenters. The third kappa shape index (κ3) is 7.50. The zero-order chi connectivity index (χ0) is 33.3. The Bertz CT molecular complexity index is 1740. The van der Waals surface area contributed by atoms with Crippen LogP contribution in [0, 0.1) is 0 Å². The van der Waals surface area contributed by atoms with Crippen molar-refractivity contribution in [2.24, 2.45) is 0 Å². The average molecular weight is 681 g/mol. The fraction of sp³-hybridized carbons (Fsp3) is 0.417. The van der Waals surface area contributed by atoms with Crippen LogP contribution in [0.15, 0.2) is 72.9 Å². The van der Waals surface area contributed by atoms with Gasteiger partial charge < -0.3 is 25.3 Å². The second-order valence-electron chi connectivity index (χ2n) is 13.0. The fourth-order valence-corrected chi connectivity index (χ4v) is 7.61. The minimum absolute atomic E-state index is 0.00587. The lowest BCUT2D eigenvalue weighted by Crippen LogP contribution is -2.55. The van der Waals surface area contributed by atoms with Crippen molar-refractivity contribution >= 4 is 28.4 Å². The molecule has 3 aliphatic rings. The van der Waals surface area contributed by atoms with E-state index in [1.165, 1.54) is 23.3 Å². The zero-order valence-corrected chi connectivity index (χ0v) is 27.4. The Morgan fingerprint density at radius 1 is 0.979 bits per heavy atom. The molecule has 254 valence electrons. The molecule has 1 amide bonds. The summed E-state index contributed by atoms with van der Waals surface area (Å²) in [6.07, 6.45) is -0.805. The SMILES string of the molecule is O=C(NCCCn1cc(-c2ccc(OC(F)(F)F)cc2)c2cc(CN3CC4CC3CN4Cc3ccccc3Cl)ccc21)C1CNCCN1. The van der Waals surface area contributed by atoms with Gasteiger partial charge in [-0.3, -0.25) is 14.6 Å². The third-order valence-corrected chi connectivity index (χ3v) is 10.1. The van der Waals surface area contributed by atoms with Gasteiger partial charge in [-0.15, -0.1) is 13.2 Å². The normalized spacial score (nSPS) is 21.6. The highest BCUT2D eigenvalue weighted by atomic mass is 35.5. The van der Waals surface area contributed by atoms with E-state index in [0.717, 1.165) is 79.2 Å². The number of halogens is 4. The largest absolute Gasteiger partial charge is 0.573 e. The van der Waals surface area contributed by atoms with Crippen molar-refractivity contribution < 1.29 is 22.7 Å². The summed E-state index contributed by atoms with van der Waals surface area (Å²) in [7, 11) is 0. The zero-order valence-electron chi connectivity index (χ0n) is 26.6. The maximum atomic E-state index is 12.8. The first-order chi connectivity index (χ1) is 23.2. The van der Waals surface area contributed by atoms with Gasteiger partial charge in [0.15, 0.2) is 0 Å². The van der Waals surface area contributed by atoms with Crippen molar-refractivity contribution in [2.45, 2.75) is 57.0 Å². The van der Waals surface area contributed by atoms with Crippen molar-refractivity contribution in [3.8, 4) is 16.9 Å². The first-order valence-electron chi connectivity index (χ1n) is 16.6. The molecule has 4 heterocycles. The van der Waals surface area contributed by atoms with E-state index in [2.05, 4.69) is 65.5 Å². The van der Waals surface area contributed by atoms with E-state index in [0.29, 0.717) is 31.7 Å². The van der Waals surface area contributed by atoms with E-state index in [9.17, 15) is 18.0 Å². The molecule has 0 saturated carbocycles. The lowest BCUT2D eigenvalue weighted by molar-refractivity contribution is -0.274. The number of carbonyl (C=O) groups excluding carboxylic acids is 1. The Morgan fingerprint density at radius 2 is 1.75 bits per heavy atom. The number of ether oxygens (including phenoxy) is 1. The van der Waals surface area contributed by atoms with Gasteiger partial charge in [0.05, 0.1) is 6.04 Å². The summed E-state index contributed by atoms with van der Waals surface area (Å²) in [6.45, 7) is 7.16. The number of rotatable bonds is 11. The van der Waals surface area contributed by atoms with Crippen LogP contribution in [-0.2, 0) is 24.4 Å². The van der Waals surface area contributed by atoms with E-state index in [1.54, 1.807) is 12.1 Å². The van der Waals surface area contributed by atoms with Gasteiger partial charge in [-0.2, -0.15) is 0 Å². The van der Waals surface area contributed by atoms with Crippen LogP contribution in [0.1, 0.15) is 24.0 Å². The van der Waals surface area contributed by atoms with Gasteiger partial charge in [-0.1, -0.05) is 48.0 Å². The Balaban J connectivity index is 1.06. The number of nitrogens with zero attached hydrogens (tertiary/aromatic N) is 3. The van der Waals surface area contributed by atoms with Gasteiger partial charge in [0.2, 0.25) is 5.91 Å². The molecule has 4 aromatic rings. The van der Waals surface area contributed by atoms with Crippen LogP contribution >= 0.6 is 11.6 Å². The van der Waals surface area contributed by atoms with Crippen LogP contribution in [0.5, 0.6) is 5.75 Å². The summed E-state index contributed by atoms with van der Waals surface area (Å²) in [5, 5.41) is 11.4. The average Bonchev–Trinajstić information content (AvgIpc) is 3.77. The van der Waals surface area contributed by atoms with Crippen LogP contribution in [0.3, 0.4) is 0 Å². The molecular formula is C36H40ClF3N6O2. The fourth-order valence-electron chi connectivity index (χ4n) is 7.42. The number of carbonyl (C=O) groups is 1. The Kier molecular flexibility index (Phi) is 9.66. The number of fused-ring (bicyclic) bond motifs is 3. The summed E-state index contributed by atoms with van der Waals surface area (Å²) in [4.78, 5) is 17.7. The van der Waals surface area contributed by atoms with Crippen molar-refractivity contribution in [3.05, 3.63) is 89.1 Å². The quantitative estimate of drug-likeness (QED) is 0.185. The maximum Gasteiger partial charge on any atom is 0.573 e. The molecular weight excluding hydrogens is 641 g/mol. The smallest absolute Gasteiger partial charge is 0.406 e. The molecule has 0 spiro atoms. The van der Waals surface area contributed by atoms with Crippen molar-refractivity contribution in [1.82, 2.24) is 30.3 Å². The lowest BCUT2D eigenvalue weighted by Gasteiger charge is -2.34. The van der Waals surface area contributed by atoms with Gasteiger partial charge in [0.1, 0.15) is 5.75 Å². The minimum atomic E-state index is -4.74. The Morgan fingerprint density at radius 3 is 2.46 bits per heavy atom. The molecule has 48 heavy (non-hydrogen) atoms. The number of aryl methyl sites for hydroxylation is 1. The molecule has 3 aliphatic heterocycles. The minimum Gasteiger partial charge on any atom is -0.406 e. The monoisotopic (exact) mass is 680 g/mol. The molecule has 12 heteroatoms. The van der Waals surface area contributed by atoms with Crippen molar-refractivity contribution in [1.29, 1.82) is 0 Å². The Hall–Kier alpha value is -3.61. The molecule has 0 radical (unpaired) electrons. The molecule has 8 nitrogen and oxygen atoms in total. The van der Waals surface area contributed by atoms with Gasteiger partial charge >= 0.3 is 6.36 Å². The highest BCUT2D eigenvalue weighted by Crippen LogP contribution is 2.36. The standard InChI is InChI=1S/C36H40ClF3N6O2/c37-32-5-2-1-4-26(32)20-46-22-27-17-28(46)21-45(27)19-24-6-11-34-30(16-24)31(25-7-9-29(10-8-25)48-36(38,39)40)23-44(34)15-3-12-43-35(47)33-18-41-13-14-42-33/h1-2,4-11,16,23,27-28,33,41-42H,3,12-15,17-22H2,(H,43,47). The summed E-state index contributed by atoms with van der Waals surface area (Å²) < 4.78 is 44.7. The van der Waals surface area contributed by atoms with Crippen LogP contribution in [0.25, 0.3) is 22.0 Å². The predicted octanol–water partition coefficient (Wildman–Crippen LogP) is 5.39. The number of hydrogen-bond acceptors (Lipinski definition) is 6. The van der Waals surface area contributed by atoms with Crippen molar-refractivity contribution in [3.63, 3.8) is 0 Å². The molecule has 3 aromatic carbocycles. The van der Waals surface area contributed by atoms with Gasteiger partial charge in [0.25, 0.3) is 0 Å². The van der Waals surface area contributed by atoms with Crippen LogP contribution in [0.2, 0.25) is 5.02 Å².